The molecule has 0 saturated carbocycles. The Morgan fingerprint density at radius 1 is 1.14 bits per heavy atom. The van der Waals surface area contributed by atoms with E-state index >= 15 is 0 Å². The number of aromatic hydroxyl groups is 1. The number of carbonyl (C=O) groups is 1. The summed E-state index contributed by atoms with van der Waals surface area (Å²) >= 11 is 1.48. The molecule has 0 unspecified atom stereocenters. The Hall–Kier alpha value is -2.20. The van der Waals surface area contributed by atoms with Crippen molar-refractivity contribution in [2.75, 3.05) is 5.75 Å². The number of phenols is 1. The third kappa shape index (κ3) is 2.81. The van der Waals surface area contributed by atoms with Crippen LogP contribution in [-0.4, -0.2) is 21.6 Å². The normalized spacial score (nSPS) is 10.9. The number of nitrogens with one attached hydrogen (secondary N) is 1. The van der Waals surface area contributed by atoms with Crippen molar-refractivity contribution in [2.24, 2.45) is 0 Å². The maximum atomic E-state index is 12.5. The lowest BCUT2D eigenvalue weighted by molar-refractivity contribution is 0.102. The number of hydrogen-bond acceptors (Lipinski definition) is 3. The van der Waals surface area contributed by atoms with Crippen molar-refractivity contribution >= 4 is 28.4 Å². The number of benzene rings is 2. The first kappa shape index (κ1) is 13.8. The van der Waals surface area contributed by atoms with Crippen molar-refractivity contribution < 1.29 is 9.90 Å². The van der Waals surface area contributed by atoms with Crippen molar-refractivity contribution in [2.45, 2.75) is 11.8 Å². The molecule has 0 atom stereocenters. The topological polar surface area (TPSA) is 53.1 Å². The molecule has 2 aromatic carbocycles. The summed E-state index contributed by atoms with van der Waals surface area (Å²) in [5.41, 5.74) is 2.68. The number of phenolic OH excluding ortho intramolecular Hbond substituents is 1. The van der Waals surface area contributed by atoms with Crippen molar-refractivity contribution in [3.8, 4) is 5.75 Å². The summed E-state index contributed by atoms with van der Waals surface area (Å²) in [5, 5.41) is 10.2. The summed E-state index contributed by atoms with van der Waals surface area (Å²) in [4.78, 5) is 16.7. The summed E-state index contributed by atoms with van der Waals surface area (Å²) < 4.78 is 0. The Bertz CT molecular complexity index is 790. The van der Waals surface area contributed by atoms with Crippen LogP contribution < -0.4 is 0 Å². The van der Waals surface area contributed by atoms with Crippen LogP contribution in [-0.2, 0) is 0 Å². The number of H-pyrrole nitrogens is 1. The van der Waals surface area contributed by atoms with Gasteiger partial charge in [0.1, 0.15) is 5.75 Å². The molecule has 0 spiro atoms. The van der Waals surface area contributed by atoms with Gasteiger partial charge in [-0.3, -0.25) is 4.79 Å². The van der Waals surface area contributed by atoms with Crippen LogP contribution in [0.5, 0.6) is 5.75 Å². The Morgan fingerprint density at radius 2 is 1.86 bits per heavy atom. The summed E-state index contributed by atoms with van der Waals surface area (Å²) in [6.45, 7) is 1.93. The summed E-state index contributed by atoms with van der Waals surface area (Å²) in [6.07, 6.45) is 0. The molecular formula is C17H15NO2S. The van der Waals surface area contributed by atoms with Gasteiger partial charge in [-0.1, -0.05) is 18.2 Å². The fourth-order valence-electron chi connectivity index (χ4n) is 2.40. The molecule has 0 aliphatic heterocycles. The summed E-state index contributed by atoms with van der Waals surface area (Å²) in [7, 11) is 0. The SMILES string of the molecule is Cc1[nH]c2ccccc2c1C(=O)CSc1ccc(O)cc1. The lowest BCUT2D eigenvalue weighted by Crippen LogP contribution is -2.03. The molecular weight excluding hydrogens is 282 g/mol. The van der Waals surface area contributed by atoms with Gasteiger partial charge in [0.05, 0.1) is 5.75 Å². The number of aromatic amines is 1. The van der Waals surface area contributed by atoms with Crippen molar-refractivity contribution in [1.82, 2.24) is 4.98 Å². The molecule has 0 bridgehead atoms. The molecule has 106 valence electrons. The molecule has 0 amide bonds. The number of fused-ring (bicyclic) bond motifs is 1. The quantitative estimate of drug-likeness (QED) is 0.561. The molecule has 4 heteroatoms. The van der Waals surface area contributed by atoms with E-state index in [1.165, 1.54) is 11.8 Å². The Kier molecular flexibility index (Phi) is 3.71. The largest absolute Gasteiger partial charge is 0.508 e. The third-order valence-corrected chi connectivity index (χ3v) is 4.39. The molecule has 0 aliphatic rings. The van der Waals surface area contributed by atoms with Crippen LogP contribution in [0, 0.1) is 6.92 Å². The van der Waals surface area contributed by atoms with E-state index in [0.29, 0.717) is 5.75 Å². The highest BCUT2D eigenvalue weighted by Gasteiger charge is 2.15. The van der Waals surface area contributed by atoms with E-state index in [4.69, 9.17) is 0 Å². The number of hydrogen-bond donors (Lipinski definition) is 2. The molecule has 0 saturated heterocycles. The maximum Gasteiger partial charge on any atom is 0.175 e. The second-order valence-electron chi connectivity index (χ2n) is 4.88. The molecule has 0 radical (unpaired) electrons. The lowest BCUT2D eigenvalue weighted by Gasteiger charge is -2.02. The van der Waals surface area contributed by atoms with Crippen LogP contribution in [0.1, 0.15) is 16.1 Å². The maximum absolute atomic E-state index is 12.5. The first-order valence-electron chi connectivity index (χ1n) is 6.67. The van der Waals surface area contributed by atoms with E-state index < -0.39 is 0 Å². The molecule has 3 aromatic rings. The van der Waals surface area contributed by atoms with E-state index in [9.17, 15) is 9.90 Å². The van der Waals surface area contributed by atoms with Gasteiger partial charge in [-0.15, -0.1) is 11.8 Å². The zero-order chi connectivity index (χ0) is 14.8. The molecule has 1 aromatic heterocycles. The van der Waals surface area contributed by atoms with E-state index in [-0.39, 0.29) is 11.5 Å². The number of para-hydroxylation sites is 1. The number of Topliss-reactive ketones (excluding diaryl/α,β-unsaturated/α-hetero) is 1. The van der Waals surface area contributed by atoms with E-state index in [2.05, 4.69) is 4.98 Å². The lowest BCUT2D eigenvalue weighted by atomic mass is 10.1. The van der Waals surface area contributed by atoms with Crippen LogP contribution in [0.15, 0.2) is 53.4 Å². The zero-order valence-corrected chi connectivity index (χ0v) is 12.4. The molecule has 3 rings (SSSR count). The Morgan fingerprint density at radius 3 is 2.62 bits per heavy atom. The number of carbonyl (C=O) groups excluding carboxylic acids is 1. The predicted octanol–water partition coefficient (Wildman–Crippen LogP) is 4.16. The average Bonchev–Trinajstić information content (AvgIpc) is 2.82. The Labute approximate surface area is 127 Å². The molecule has 0 fully saturated rings. The van der Waals surface area contributed by atoms with Crippen molar-refractivity contribution in [3.63, 3.8) is 0 Å². The van der Waals surface area contributed by atoms with Crippen LogP contribution >= 0.6 is 11.8 Å². The summed E-state index contributed by atoms with van der Waals surface area (Å²) in [5.74, 6) is 0.731. The number of thioether (sulfide) groups is 1. The average molecular weight is 297 g/mol. The highest BCUT2D eigenvalue weighted by Crippen LogP contribution is 2.26. The minimum Gasteiger partial charge on any atom is -0.508 e. The monoisotopic (exact) mass is 297 g/mol. The molecule has 2 N–H and O–H groups in total. The van der Waals surface area contributed by atoms with Gasteiger partial charge in [0.25, 0.3) is 0 Å². The fraction of sp³-hybridized carbons (Fsp3) is 0.118. The number of rotatable bonds is 4. The number of ketones is 1. The number of aromatic nitrogens is 1. The minimum absolute atomic E-state index is 0.114. The first-order valence-corrected chi connectivity index (χ1v) is 7.66. The predicted molar refractivity (Wildman–Crippen MR) is 86.2 cm³/mol. The zero-order valence-electron chi connectivity index (χ0n) is 11.6. The third-order valence-electron chi connectivity index (χ3n) is 3.38. The van der Waals surface area contributed by atoms with Gasteiger partial charge >= 0.3 is 0 Å². The standard InChI is InChI=1S/C17H15NO2S/c1-11-17(14-4-2-3-5-15(14)18-11)16(20)10-21-13-8-6-12(19)7-9-13/h2-9,18-19H,10H2,1H3. The second-order valence-corrected chi connectivity index (χ2v) is 5.93. The highest BCUT2D eigenvalue weighted by molar-refractivity contribution is 8.00. The Balaban J connectivity index is 1.81. The van der Waals surface area contributed by atoms with Gasteiger partial charge in [-0.25, -0.2) is 0 Å². The summed E-state index contributed by atoms with van der Waals surface area (Å²) in [6, 6.07) is 14.7. The molecule has 21 heavy (non-hydrogen) atoms. The van der Waals surface area contributed by atoms with Gasteiger partial charge in [-0.2, -0.15) is 0 Å². The van der Waals surface area contributed by atoms with Gasteiger partial charge in [-0.05, 0) is 37.3 Å². The van der Waals surface area contributed by atoms with E-state index in [1.807, 2.05) is 43.3 Å². The van der Waals surface area contributed by atoms with Crippen LogP contribution in [0.4, 0.5) is 0 Å². The molecule has 3 nitrogen and oxygen atoms in total. The van der Waals surface area contributed by atoms with Crippen LogP contribution in [0.3, 0.4) is 0 Å². The van der Waals surface area contributed by atoms with Gasteiger partial charge in [0.2, 0.25) is 0 Å². The number of aryl methyl sites for hydroxylation is 1. The highest BCUT2D eigenvalue weighted by atomic mass is 32.2. The minimum atomic E-state index is 0.114. The van der Waals surface area contributed by atoms with Crippen molar-refractivity contribution in [1.29, 1.82) is 0 Å². The van der Waals surface area contributed by atoms with E-state index in [1.54, 1.807) is 12.1 Å². The molecule has 0 aliphatic carbocycles. The van der Waals surface area contributed by atoms with Gasteiger partial charge < -0.3 is 10.1 Å². The second kappa shape index (κ2) is 5.66. The smallest absolute Gasteiger partial charge is 0.175 e. The van der Waals surface area contributed by atoms with Gasteiger partial charge in [0.15, 0.2) is 5.78 Å². The van der Waals surface area contributed by atoms with Crippen LogP contribution in [0.25, 0.3) is 10.9 Å². The van der Waals surface area contributed by atoms with Crippen molar-refractivity contribution in [3.05, 3.63) is 59.8 Å². The molecule has 1 heterocycles. The van der Waals surface area contributed by atoms with Crippen LogP contribution in [0.2, 0.25) is 0 Å². The van der Waals surface area contributed by atoms with E-state index in [0.717, 1.165) is 27.1 Å². The first-order chi connectivity index (χ1) is 10.1. The fourth-order valence-corrected chi connectivity index (χ4v) is 3.17. The van der Waals surface area contributed by atoms with Gasteiger partial charge in [0, 0.05) is 27.1 Å².